The van der Waals surface area contributed by atoms with Gasteiger partial charge >= 0.3 is 5.97 Å². The molecule has 1 aromatic rings. The van der Waals surface area contributed by atoms with Gasteiger partial charge in [-0.3, -0.25) is 9.69 Å². The summed E-state index contributed by atoms with van der Waals surface area (Å²) in [5, 5.41) is 8.72. The number of rotatable bonds is 5. The maximum atomic E-state index is 10.6. The third-order valence-electron chi connectivity index (χ3n) is 2.20. The molecule has 1 aromatic carbocycles. The molecular weight excluding hydrogens is 202 g/mol. The summed E-state index contributed by atoms with van der Waals surface area (Å²) in [6.45, 7) is 2.90. The molecule has 0 amide bonds. The van der Waals surface area contributed by atoms with Gasteiger partial charge in [-0.25, -0.2) is 0 Å². The summed E-state index contributed by atoms with van der Waals surface area (Å²) in [7, 11) is 0. The van der Waals surface area contributed by atoms with Gasteiger partial charge in [-0.15, -0.1) is 6.42 Å². The first kappa shape index (κ1) is 12.3. The first-order valence-electron chi connectivity index (χ1n) is 5.05. The van der Waals surface area contributed by atoms with E-state index in [4.69, 9.17) is 11.5 Å². The standard InChI is InChI=1S/C13H15NO2/c1-3-8-14(10-13(15)16)9-12-6-4-11(2)5-7-12/h1,4-7H,8-10H2,2H3,(H,15,16). The Hall–Kier alpha value is -1.79. The lowest BCUT2D eigenvalue weighted by atomic mass is 10.1. The molecule has 0 aliphatic heterocycles. The molecule has 0 radical (unpaired) electrons. The summed E-state index contributed by atoms with van der Waals surface area (Å²) in [5.41, 5.74) is 2.26. The number of carboxylic acid groups (broad SMARTS) is 1. The zero-order chi connectivity index (χ0) is 12.0. The van der Waals surface area contributed by atoms with Crippen LogP contribution in [-0.2, 0) is 11.3 Å². The predicted octanol–water partition coefficient (Wildman–Crippen LogP) is 1.51. The maximum absolute atomic E-state index is 10.6. The van der Waals surface area contributed by atoms with Crippen LogP contribution in [0.15, 0.2) is 24.3 Å². The second-order valence-corrected chi connectivity index (χ2v) is 3.73. The topological polar surface area (TPSA) is 40.5 Å². The van der Waals surface area contributed by atoms with Crippen molar-refractivity contribution in [3.63, 3.8) is 0 Å². The summed E-state index contributed by atoms with van der Waals surface area (Å²) in [4.78, 5) is 12.3. The highest BCUT2D eigenvalue weighted by Gasteiger charge is 2.08. The zero-order valence-corrected chi connectivity index (χ0v) is 9.31. The first-order valence-corrected chi connectivity index (χ1v) is 5.05. The summed E-state index contributed by atoms with van der Waals surface area (Å²) in [5.74, 6) is 1.61. The van der Waals surface area contributed by atoms with E-state index in [9.17, 15) is 4.79 Å². The lowest BCUT2D eigenvalue weighted by Crippen LogP contribution is -2.29. The van der Waals surface area contributed by atoms with Gasteiger partial charge in [0.25, 0.3) is 0 Å². The molecule has 0 saturated heterocycles. The van der Waals surface area contributed by atoms with Crippen molar-refractivity contribution in [1.82, 2.24) is 4.90 Å². The number of carbonyl (C=O) groups is 1. The SMILES string of the molecule is C#CCN(CC(=O)O)Cc1ccc(C)cc1. The van der Waals surface area contributed by atoms with Crippen LogP contribution in [0.5, 0.6) is 0 Å². The smallest absolute Gasteiger partial charge is 0.317 e. The number of terminal acetylenes is 1. The highest BCUT2D eigenvalue weighted by atomic mass is 16.4. The van der Waals surface area contributed by atoms with Crippen LogP contribution in [0.4, 0.5) is 0 Å². The highest BCUT2D eigenvalue weighted by Crippen LogP contribution is 2.06. The van der Waals surface area contributed by atoms with E-state index in [1.807, 2.05) is 31.2 Å². The van der Waals surface area contributed by atoms with Crippen LogP contribution in [0, 0.1) is 19.3 Å². The average molecular weight is 217 g/mol. The van der Waals surface area contributed by atoms with Crippen molar-refractivity contribution in [2.75, 3.05) is 13.1 Å². The van der Waals surface area contributed by atoms with E-state index in [2.05, 4.69) is 5.92 Å². The molecule has 0 aromatic heterocycles. The minimum atomic E-state index is -0.859. The second kappa shape index (κ2) is 5.94. The minimum Gasteiger partial charge on any atom is -0.480 e. The van der Waals surface area contributed by atoms with Gasteiger partial charge < -0.3 is 5.11 Å². The Labute approximate surface area is 95.7 Å². The van der Waals surface area contributed by atoms with Gasteiger partial charge in [0.2, 0.25) is 0 Å². The molecule has 84 valence electrons. The quantitative estimate of drug-likeness (QED) is 0.760. The molecule has 1 N–H and O–H groups in total. The largest absolute Gasteiger partial charge is 0.480 e. The van der Waals surface area contributed by atoms with Crippen molar-refractivity contribution in [3.8, 4) is 12.3 Å². The zero-order valence-electron chi connectivity index (χ0n) is 9.31. The highest BCUT2D eigenvalue weighted by molar-refractivity contribution is 5.69. The lowest BCUT2D eigenvalue weighted by molar-refractivity contribution is -0.138. The monoisotopic (exact) mass is 217 g/mol. The molecule has 1 rings (SSSR count). The van der Waals surface area contributed by atoms with Gasteiger partial charge in [0.1, 0.15) is 0 Å². The Morgan fingerprint density at radius 1 is 1.44 bits per heavy atom. The van der Waals surface area contributed by atoms with Crippen LogP contribution in [0.2, 0.25) is 0 Å². The molecule has 0 atom stereocenters. The van der Waals surface area contributed by atoms with Gasteiger partial charge in [-0.05, 0) is 12.5 Å². The molecule has 0 fully saturated rings. The maximum Gasteiger partial charge on any atom is 0.317 e. The van der Waals surface area contributed by atoms with Crippen molar-refractivity contribution >= 4 is 5.97 Å². The van der Waals surface area contributed by atoms with Crippen LogP contribution in [0.25, 0.3) is 0 Å². The van der Waals surface area contributed by atoms with Gasteiger partial charge in [0.15, 0.2) is 0 Å². The predicted molar refractivity (Wildman–Crippen MR) is 62.9 cm³/mol. The average Bonchev–Trinajstić information content (AvgIpc) is 2.21. The summed E-state index contributed by atoms with van der Waals surface area (Å²) in [6, 6.07) is 7.98. The van der Waals surface area contributed by atoms with E-state index >= 15 is 0 Å². The number of nitrogens with zero attached hydrogens (tertiary/aromatic N) is 1. The van der Waals surface area contributed by atoms with Crippen molar-refractivity contribution in [2.45, 2.75) is 13.5 Å². The minimum absolute atomic E-state index is 0.0297. The number of aliphatic carboxylic acids is 1. The Morgan fingerprint density at radius 2 is 2.06 bits per heavy atom. The third-order valence-corrected chi connectivity index (χ3v) is 2.20. The van der Waals surface area contributed by atoms with Crippen LogP contribution < -0.4 is 0 Å². The Balaban J connectivity index is 2.64. The van der Waals surface area contributed by atoms with Crippen molar-refractivity contribution in [2.24, 2.45) is 0 Å². The number of hydrogen-bond acceptors (Lipinski definition) is 2. The van der Waals surface area contributed by atoms with Crippen LogP contribution in [0.1, 0.15) is 11.1 Å². The molecule has 0 aliphatic carbocycles. The summed E-state index contributed by atoms with van der Waals surface area (Å²) in [6.07, 6.45) is 5.20. The van der Waals surface area contributed by atoms with Gasteiger partial charge in [-0.1, -0.05) is 35.7 Å². The van der Waals surface area contributed by atoms with E-state index < -0.39 is 5.97 Å². The third kappa shape index (κ3) is 4.16. The van der Waals surface area contributed by atoms with Crippen molar-refractivity contribution in [1.29, 1.82) is 0 Å². The molecule has 0 heterocycles. The van der Waals surface area contributed by atoms with Gasteiger partial charge in [0, 0.05) is 6.54 Å². The van der Waals surface area contributed by atoms with Crippen LogP contribution >= 0.6 is 0 Å². The van der Waals surface area contributed by atoms with E-state index in [0.717, 1.165) is 5.56 Å². The fraction of sp³-hybridized carbons (Fsp3) is 0.308. The van der Waals surface area contributed by atoms with E-state index in [-0.39, 0.29) is 6.54 Å². The number of benzene rings is 1. The lowest BCUT2D eigenvalue weighted by Gasteiger charge is -2.17. The molecule has 0 unspecified atom stereocenters. The Kier molecular flexibility index (Phi) is 4.56. The molecule has 0 spiro atoms. The molecule has 0 aliphatic rings. The Bertz CT molecular complexity index is 389. The molecule has 0 bridgehead atoms. The van der Waals surface area contributed by atoms with Crippen molar-refractivity contribution < 1.29 is 9.90 Å². The van der Waals surface area contributed by atoms with Crippen LogP contribution in [0.3, 0.4) is 0 Å². The summed E-state index contributed by atoms with van der Waals surface area (Å²) >= 11 is 0. The second-order valence-electron chi connectivity index (χ2n) is 3.73. The molecular formula is C13H15NO2. The van der Waals surface area contributed by atoms with Gasteiger partial charge in [-0.2, -0.15) is 0 Å². The van der Waals surface area contributed by atoms with E-state index in [1.54, 1.807) is 4.90 Å². The number of aryl methyl sites for hydroxylation is 1. The fourth-order valence-electron chi connectivity index (χ4n) is 1.44. The molecule has 3 heteroatoms. The Morgan fingerprint density at radius 3 is 2.56 bits per heavy atom. The van der Waals surface area contributed by atoms with Gasteiger partial charge in [0.05, 0.1) is 13.1 Å². The number of hydrogen-bond donors (Lipinski definition) is 1. The van der Waals surface area contributed by atoms with Crippen LogP contribution in [-0.4, -0.2) is 29.1 Å². The number of carboxylic acids is 1. The first-order chi connectivity index (χ1) is 7.61. The molecule has 0 saturated carbocycles. The summed E-state index contributed by atoms with van der Waals surface area (Å²) < 4.78 is 0. The van der Waals surface area contributed by atoms with E-state index in [0.29, 0.717) is 13.1 Å². The molecule has 16 heavy (non-hydrogen) atoms. The van der Waals surface area contributed by atoms with E-state index in [1.165, 1.54) is 5.56 Å². The van der Waals surface area contributed by atoms with Crippen molar-refractivity contribution in [3.05, 3.63) is 35.4 Å². The normalized spacial score (nSPS) is 10.1. The fourth-order valence-corrected chi connectivity index (χ4v) is 1.44. The molecule has 3 nitrogen and oxygen atoms in total.